The van der Waals surface area contributed by atoms with Crippen molar-refractivity contribution >= 4 is 23.4 Å². The summed E-state index contributed by atoms with van der Waals surface area (Å²) in [5, 5.41) is 21.2. The third-order valence-electron chi connectivity index (χ3n) is 9.75. The van der Waals surface area contributed by atoms with E-state index in [2.05, 4.69) is 32.0 Å². The van der Waals surface area contributed by atoms with Crippen molar-refractivity contribution in [2.75, 3.05) is 23.7 Å². The first kappa shape index (κ1) is 25.8. The van der Waals surface area contributed by atoms with Crippen LogP contribution in [0.25, 0.3) is 0 Å². The standard InChI is InChI=1S/C30H38ClFN6/c31-26-4-2-1-3-21(26)16-35-29-36-17-24(14-33)28(38-29)37-18-30-11-20-9-22(12-30)27(23(10-20)13-30)34-15-19-5-7-25(32)8-6-19/h1-4,17,19-20,22-23,25,27,34H,5-13,15-16,18H2,(H2,35,36,37,38)/t19?,20?,22-,23+,25?,27?,30?. The van der Waals surface area contributed by atoms with Crippen LogP contribution in [0.2, 0.25) is 5.02 Å². The van der Waals surface area contributed by atoms with Gasteiger partial charge in [0.15, 0.2) is 0 Å². The van der Waals surface area contributed by atoms with Gasteiger partial charge in [0, 0.05) is 24.2 Å². The Morgan fingerprint density at radius 2 is 1.82 bits per heavy atom. The fourth-order valence-electron chi connectivity index (χ4n) is 8.14. The van der Waals surface area contributed by atoms with Gasteiger partial charge in [-0.05, 0) is 105 Å². The fraction of sp³-hybridized carbons (Fsp3) is 0.633. The third kappa shape index (κ3) is 5.49. The second-order valence-corrected chi connectivity index (χ2v) is 12.8. The summed E-state index contributed by atoms with van der Waals surface area (Å²) in [7, 11) is 0. The van der Waals surface area contributed by atoms with Crippen LogP contribution in [0, 0.1) is 40.4 Å². The number of aromatic nitrogens is 2. The lowest BCUT2D eigenvalue weighted by Crippen LogP contribution is -2.60. The van der Waals surface area contributed by atoms with Gasteiger partial charge in [0.25, 0.3) is 0 Å². The Morgan fingerprint density at radius 3 is 2.55 bits per heavy atom. The second kappa shape index (κ2) is 11.0. The van der Waals surface area contributed by atoms with Crippen LogP contribution >= 0.6 is 11.6 Å². The van der Waals surface area contributed by atoms with E-state index in [4.69, 9.17) is 11.6 Å². The van der Waals surface area contributed by atoms with Gasteiger partial charge in [0.1, 0.15) is 23.6 Å². The maximum atomic E-state index is 13.6. The quantitative estimate of drug-likeness (QED) is 0.347. The molecule has 8 heteroatoms. The normalized spacial score (nSPS) is 33.6. The maximum absolute atomic E-state index is 13.6. The number of nitrogens with one attached hydrogen (secondary N) is 3. The zero-order valence-corrected chi connectivity index (χ0v) is 22.7. The Hall–Kier alpha value is -2.43. The van der Waals surface area contributed by atoms with Crippen LogP contribution in [0.15, 0.2) is 30.5 Å². The molecule has 7 rings (SSSR count). The summed E-state index contributed by atoms with van der Waals surface area (Å²) in [6.45, 7) is 2.42. The zero-order valence-electron chi connectivity index (χ0n) is 21.9. The lowest BCUT2D eigenvalue weighted by Gasteiger charge is -2.60. The van der Waals surface area contributed by atoms with Crippen molar-refractivity contribution in [2.24, 2.45) is 29.1 Å². The van der Waals surface area contributed by atoms with Crippen molar-refractivity contribution in [1.29, 1.82) is 5.26 Å². The molecule has 4 bridgehead atoms. The highest BCUT2D eigenvalue weighted by atomic mass is 35.5. The summed E-state index contributed by atoms with van der Waals surface area (Å²) in [4.78, 5) is 9.01. The lowest BCUT2D eigenvalue weighted by atomic mass is 9.48. The number of nitrogens with zero attached hydrogens (tertiary/aromatic N) is 3. The van der Waals surface area contributed by atoms with Crippen LogP contribution in [0.3, 0.4) is 0 Å². The van der Waals surface area contributed by atoms with Crippen LogP contribution in [-0.4, -0.2) is 35.3 Å². The first-order valence-electron chi connectivity index (χ1n) is 14.4. The van der Waals surface area contributed by atoms with Crippen LogP contribution in [0.5, 0.6) is 0 Å². The molecule has 0 saturated heterocycles. The number of rotatable bonds is 9. The van der Waals surface area contributed by atoms with E-state index in [0.29, 0.717) is 52.7 Å². The van der Waals surface area contributed by atoms with Gasteiger partial charge >= 0.3 is 0 Å². The molecule has 1 aromatic carbocycles. The summed E-state index contributed by atoms with van der Waals surface area (Å²) in [5.74, 6) is 3.98. The van der Waals surface area contributed by atoms with Gasteiger partial charge in [-0.3, -0.25) is 0 Å². The molecule has 6 nitrogen and oxygen atoms in total. The highest BCUT2D eigenvalue weighted by molar-refractivity contribution is 6.31. The summed E-state index contributed by atoms with van der Waals surface area (Å²) < 4.78 is 13.6. The van der Waals surface area contributed by atoms with Gasteiger partial charge in [0.2, 0.25) is 5.95 Å². The van der Waals surface area contributed by atoms with E-state index in [0.717, 1.165) is 50.3 Å². The first-order chi connectivity index (χ1) is 18.5. The van der Waals surface area contributed by atoms with E-state index in [-0.39, 0.29) is 5.41 Å². The van der Waals surface area contributed by atoms with Crippen molar-refractivity contribution in [3.63, 3.8) is 0 Å². The molecule has 38 heavy (non-hydrogen) atoms. The smallest absolute Gasteiger partial charge is 0.224 e. The van der Waals surface area contributed by atoms with Crippen molar-refractivity contribution < 1.29 is 4.39 Å². The summed E-state index contributed by atoms with van der Waals surface area (Å²) >= 11 is 6.29. The number of nitriles is 1. The molecule has 2 aromatic rings. The number of hydrogen-bond donors (Lipinski definition) is 3. The van der Waals surface area contributed by atoms with E-state index in [1.165, 1.54) is 32.1 Å². The molecule has 1 heterocycles. The Kier molecular flexibility index (Phi) is 7.46. The highest BCUT2D eigenvalue weighted by Crippen LogP contribution is 2.60. The van der Waals surface area contributed by atoms with Gasteiger partial charge in [-0.2, -0.15) is 10.2 Å². The molecule has 0 amide bonds. The van der Waals surface area contributed by atoms with Crippen molar-refractivity contribution in [3.8, 4) is 6.07 Å². The van der Waals surface area contributed by atoms with E-state index >= 15 is 0 Å². The first-order valence-corrected chi connectivity index (χ1v) is 14.7. The topological polar surface area (TPSA) is 85.7 Å². The monoisotopic (exact) mass is 536 g/mol. The predicted molar refractivity (Wildman–Crippen MR) is 149 cm³/mol. The molecule has 5 fully saturated rings. The predicted octanol–water partition coefficient (Wildman–Crippen LogP) is 6.34. The molecule has 3 N–H and O–H groups in total. The molecule has 5 aliphatic rings. The Balaban J connectivity index is 1.08. The highest BCUT2D eigenvalue weighted by Gasteiger charge is 2.55. The minimum Gasteiger partial charge on any atom is -0.368 e. The molecule has 0 spiro atoms. The Labute approximate surface area is 230 Å². The number of benzene rings is 1. The Bertz CT molecular complexity index is 1160. The summed E-state index contributed by atoms with van der Waals surface area (Å²) in [5.41, 5.74) is 1.72. The zero-order chi connectivity index (χ0) is 26.1. The van der Waals surface area contributed by atoms with Gasteiger partial charge < -0.3 is 16.0 Å². The molecule has 0 aliphatic heterocycles. The van der Waals surface area contributed by atoms with E-state index in [1.807, 2.05) is 24.3 Å². The molecule has 3 unspecified atom stereocenters. The van der Waals surface area contributed by atoms with E-state index in [9.17, 15) is 9.65 Å². The second-order valence-electron chi connectivity index (χ2n) is 12.4. The van der Waals surface area contributed by atoms with Crippen LogP contribution < -0.4 is 16.0 Å². The summed E-state index contributed by atoms with van der Waals surface area (Å²) in [6, 6.07) is 10.6. The minimum atomic E-state index is -0.578. The van der Waals surface area contributed by atoms with Gasteiger partial charge in [-0.15, -0.1) is 0 Å². The van der Waals surface area contributed by atoms with Gasteiger partial charge in [0.05, 0.1) is 6.20 Å². The molecule has 5 saturated carbocycles. The SMILES string of the molecule is N#Cc1cnc(NCc2ccccc2Cl)nc1NCC12CC3C[C@H](C1)C(NCC1CCC(F)CC1)[C@@H](C3)C2. The van der Waals surface area contributed by atoms with Crippen molar-refractivity contribution in [1.82, 2.24) is 15.3 Å². The largest absolute Gasteiger partial charge is 0.368 e. The number of hydrogen-bond acceptors (Lipinski definition) is 6. The fourth-order valence-corrected chi connectivity index (χ4v) is 8.34. The molecule has 5 aliphatic carbocycles. The molecule has 0 radical (unpaired) electrons. The van der Waals surface area contributed by atoms with Crippen molar-refractivity contribution in [3.05, 3.63) is 46.6 Å². The lowest BCUT2D eigenvalue weighted by molar-refractivity contribution is -0.0703. The molecular weight excluding hydrogens is 499 g/mol. The summed E-state index contributed by atoms with van der Waals surface area (Å²) in [6.07, 6.45) is 11.0. The average molecular weight is 537 g/mol. The van der Waals surface area contributed by atoms with Gasteiger partial charge in [-0.25, -0.2) is 9.37 Å². The van der Waals surface area contributed by atoms with Crippen LogP contribution in [0.1, 0.15) is 68.9 Å². The van der Waals surface area contributed by atoms with Gasteiger partial charge in [-0.1, -0.05) is 29.8 Å². The number of anilines is 2. The molecule has 1 aromatic heterocycles. The minimum absolute atomic E-state index is 0.268. The number of halogens is 2. The average Bonchev–Trinajstić information content (AvgIpc) is 2.92. The molecular formula is C30H38ClFN6. The van der Waals surface area contributed by atoms with E-state index in [1.54, 1.807) is 6.20 Å². The van der Waals surface area contributed by atoms with Crippen LogP contribution in [0.4, 0.5) is 16.2 Å². The maximum Gasteiger partial charge on any atom is 0.224 e. The van der Waals surface area contributed by atoms with Crippen LogP contribution in [-0.2, 0) is 6.54 Å². The molecule has 5 atom stereocenters. The van der Waals surface area contributed by atoms with E-state index < -0.39 is 6.17 Å². The molecule has 202 valence electrons. The third-order valence-corrected chi connectivity index (χ3v) is 10.1. The van der Waals surface area contributed by atoms with Crippen molar-refractivity contribution in [2.45, 2.75) is 76.5 Å². The number of alkyl halides is 1. The Morgan fingerprint density at radius 1 is 1.05 bits per heavy atom.